The summed E-state index contributed by atoms with van der Waals surface area (Å²) in [4.78, 5) is 7.53. The lowest BCUT2D eigenvalue weighted by atomic mass is 9.72. The molecular weight excluding hydrogens is 494 g/mol. The largest absolute Gasteiger partial charge is 0.434 e. The molecule has 0 radical (unpaired) electrons. The van der Waals surface area contributed by atoms with Crippen LogP contribution in [-0.2, 0) is 7.05 Å². The van der Waals surface area contributed by atoms with Gasteiger partial charge in [-0.05, 0) is 72.6 Å². The number of benzene rings is 1. The SMILES string of the molecule is CCCC1CC(C(C)(C)C)CN(C/C(C)=C/N=C(c2cc(-c3cnn(C)c3)ccc2OC(F)F)C(C)CC)C1. The van der Waals surface area contributed by atoms with Crippen molar-refractivity contribution in [3.05, 3.63) is 47.9 Å². The smallest absolute Gasteiger partial charge is 0.387 e. The molecule has 216 valence electrons. The topological polar surface area (TPSA) is 42.7 Å². The van der Waals surface area contributed by atoms with E-state index < -0.39 is 6.61 Å². The van der Waals surface area contributed by atoms with Gasteiger partial charge in [-0.1, -0.05) is 54.0 Å². The van der Waals surface area contributed by atoms with Gasteiger partial charge in [0.05, 0.1) is 11.9 Å². The Hall–Kier alpha value is -2.54. The van der Waals surface area contributed by atoms with Crippen molar-refractivity contribution in [1.82, 2.24) is 14.7 Å². The van der Waals surface area contributed by atoms with E-state index in [0.29, 0.717) is 11.5 Å². The highest BCUT2D eigenvalue weighted by molar-refractivity contribution is 6.05. The minimum atomic E-state index is -2.91. The summed E-state index contributed by atoms with van der Waals surface area (Å²) < 4.78 is 33.4. The van der Waals surface area contributed by atoms with Crippen molar-refractivity contribution < 1.29 is 13.5 Å². The highest BCUT2D eigenvalue weighted by Gasteiger charge is 2.33. The van der Waals surface area contributed by atoms with Crippen LogP contribution in [0.1, 0.15) is 79.7 Å². The number of alkyl halides is 2. The Morgan fingerprint density at radius 3 is 2.54 bits per heavy atom. The number of halogens is 2. The van der Waals surface area contributed by atoms with Gasteiger partial charge in [0.2, 0.25) is 0 Å². The average molecular weight is 543 g/mol. The molecule has 0 saturated carbocycles. The van der Waals surface area contributed by atoms with Crippen LogP contribution in [0, 0.1) is 23.2 Å². The Morgan fingerprint density at radius 2 is 1.95 bits per heavy atom. The molecule has 39 heavy (non-hydrogen) atoms. The number of aryl methyl sites for hydroxylation is 1. The van der Waals surface area contributed by atoms with E-state index in [1.807, 2.05) is 25.5 Å². The maximum absolute atomic E-state index is 13.4. The Kier molecular flexibility index (Phi) is 10.9. The van der Waals surface area contributed by atoms with Gasteiger partial charge in [-0.2, -0.15) is 13.9 Å². The summed E-state index contributed by atoms with van der Waals surface area (Å²) in [6.45, 7) is 15.8. The van der Waals surface area contributed by atoms with Gasteiger partial charge in [0, 0.05) is 50.2 Å². The number of rotatable bonds is 11. The first-order valence-corrected chi connectivity index (χ1v) is 14.4. The Balaban J connectivity index is 1.93. The molecule has 3 rings (SSSR count). The highest BCUT2D eigenvalue weighted by Crippen LogP contribution is 2.37. The van der Waals surface area contributed by atoms with Crippen molar-refractivity contribution in [2.45, 2.75) is 80.8 Å². The van der Waals surface area contributed by atoms with E-state index in [-0.39, 0.29) is 17.1 Å². The van der Waals surface area contributed by atoms with Gasteiger partial charge < -0.3 is 4.74 Å². The molecule has 7 heteroatoms. The molecule has 2 heterocycles. The minimum Gasteiger partial charge on any atom is -0.434 e. The Morgan fingerprint density at radius 1 is 1.21 bits per heavy atom. The van der Waals surface area contributed by atoms with Gasteiger partial charge in [-0.25, -0.2) is 0 Å². The minimum absolute atomic E-state index is 0.0624. The van der Waals surface area contributed by atoms with Crippen molar-refractivity contribution in [1.29, 1.82) is 0 Å². The number of likely N-dealkylation sites (tertiary alicyclic amines) is 1. The number of hydrogen-bond donors (Lipinski definition) is 0. The number of aliphatic imine (C=N–C) groups is 1. The molecule has 3 unspecified atom stereocenters. The molecule has 1 aliphatic heterocycles. The zero-order chi connectivity index (χ0) is 28.7. The standard InChI is InChI=1S/C32H48F2N4O/c1-9-11-24-14-27(32(5,6)7)21-38(19-24)18-22(3)16-35-30(23(4)10-2)28-15-25(26-17-36-37(8)20-26)12-13-29(28)39-31(33)34/h12-13,15-17,20,23-24,27,31H,9-11,14,18-19,21H2,1-8H3/b22-16+,35-30?. The highest BCUT2D eigenvalue weighted by atomic mass is 19.3. The summed E-state index contributed by atoms with van der Waals surface area (Å²) in [5.74, 6) is 1.60. The maximum Gasteiger partial charge on any atom is 0.387 e. The van der Waals surface area contributed by atoms with Gasteiger partial charge in [-0.15, -0.1) is 0 Å². The van der Waals surface area contributed by atoms with Crippen LogP contribution in [0.25, 0.3) is 11.1 Å². The number of hydrogen-bond acceptors (Lipinski definition) is 4. The van der Waals surface area contributed by atoms with Crippen molar-refractivity contribution >= 4 is 5.71 Å². The fraction of sp³-hybridized carbons (Fsp3) is 0.625. The average Bonchev–Trinajstić information content (AvgIpc) is 3.30. The zero-order valence-electron chi connectivity index (χ0n) is 25.2. The molecule has 1 aromatic carbocycles. The lowest BCUT2D eigenvalue weighted by Gasteiger charge is -2.43. The second-order valence-corrected chi connectivity index (χ2v) is 12.4. The van der Waals surface area contributed by atoms with E-state index >= 15 is 0 Å². The third kappa shape index (κ3) is 8.72. The molecule has 0 bridgehead atoms. The van der Waals surface area contributed by atoms with E-state index in [1.165, 1.54) is 24.8 Å². The summed E-state index contributed by atoms with van der Waals surface area (Å²) in [5.41, 5.74) is 4.61. The molecule has 5 nitrogen and oxygen atoms in total. The third-order valence-electron chi connectivity index (χ3n) is 8.02. The number of nitrogens with zero attached hydrogens (tertiary/aromatic N) is 4. The van der Waals surface area contributed by atoms with Crippen LogP contribution in [0.15, 0.2) is 47.4 Å². The van der Waals surface area contributed by atoms with E-state index in [9.17, 15) is 8.78 Å². The quantitative estimate of drug-likeness (QED) is 0.269. The molecule has 1 fully saturated rings. The summed E-state index contributed by atoms with van der Waals surface area (Å²) in [6.07, 6.45) is 10.2. The van der Waals surface area contributed by atoms with Crippen molar-refractivity contribution in [2.24, 2.45) is 35.2 Å². The summed E-state index contributed by atoms with van der Waals surface area (Å²) in [7, 11) is 1.86. The monoisotopic (exact) mass is 542 g/mol. The van der Waals surface area contributed by atoms with E-state index in [0.717, 1.165) is 48.8 Å². The predicted octanol–water partition coefficient (Wildman–Crippen LogP) is 8.21. The van der Waals surface area contributed by atoms with Crippen LogP contribution in [0.2, 0.25) is 0 Å². The van der Waals surface area contributed by atoms with E-state index in [4.69, 9.17) is 9.73 Å². The molecular formula is C32H48F2N4O. The van der Waals surface area contributed by atoms with Crippen LogP contribution >= 0.6 is 0 Å². The van der Waals surface area contributed by atoms with Crippen molar-refractivity contribution in [2.75, 3.05) is 19.6 Å². The maximum atomic E-state index is 13.4. The predicted molar refractivity (Wildman–Crippen MR) is 157 cm³/mol. The molecule has 0 aliphatic carbocycles. The molecule has 3 atom stereocenters. The van der Waals surface area contributed by atoms with Gasteiger partial charge in [-0.3, -0.25) is 14.6 Å². The van der Waals surface area contributed by atoms with Gasteiger partial charge in [0.15, 0.2) is 0 Å². The number of aromatic nitrogens is 2. The molecule has 0 spiro atoms. The zero-order valence-corrected chi connectivity index (χ0v) is 25.2. The summed E-state index contributed by atoms with van der Waals surface area (Å²) in [6, 6.07) is 5.31. The van der Waals surface area contributed by atoms with Gasteiger partial charge in [0.1, 0.15) is 5.75 Å². The first kappa shape index (κ1) is 31.0. The van der Waals surface area contributed by atoms with E-state index in [2.05, 4.69) is 58.5 Å². The normalized spacial score (nSPS) is 20.5. The summed E-state index contributed by atoms with van der Waals surface area (Å²) in [5, 5.41) is 4.26. The summed E-state index contributed by atoms with van der Waals surface area (Å²) >= 11 is 0. The lowest BCUT2D eigenvalue weighted by Crippen LogP contribution is -2.45. The number of ether oxygens (including phenoxy) is 1. The van der Waals surface area contributed by atoms with Crippen LogP contribution < -0.4 is 4.74 Å². The number of piperidine rings is 1. The molecule has 0 amide bonds. The van der Waals surface area contributed by atoms with Crippen molar-refractivity contribution in [3.63, 3.8) is 0 Å². The van der Waals surface area contributed by atoms with E-state index in [1.54, 1.807) is 23.0 Å². The van der Waals surface area contributed by atoms with Crippen LogP contribution in [0.3, 0.4) is 0 Å². The van der Waals surface area contributed by atoms with Crippen LogP contribution in [-0.4, -0.2) is 46.6 Å². The Bertz CT molecular complexity index is 1130. The first-order chi connectivity index (χ1) is 18.4. The van der Waals surface area contributed by atoms with Gasteiger partial charge in [0.25, 0.3) is 0 Å². The van der Waals surface area contributed by atoms with Crippen LogP contribution in [0.4, 0.5) is 8.78 Å². The van der Waals surface area contributed by atoms with Crippen molar-refractivity contribution in [3.8, 4) is 16.9 Å². The second kappa shape index (κ2) is 13.7. The molecule has 2 aromatic rings. The van der Waals surface area contributed by atoms with Crippen LogP contribution in [0.5, 0.6) is 5.75 Å². The Labute approximate surface area is 234 Å². The molecule has 0 N–H and O–H groups in total. The van der Waals surface area contributed by atoms with Gasteiger partial charge >= 0.3 is 6.61 Å². The first-order valence-electron chi connectivity index (χ1n) is 14.4. The fourth-order valence-electron chi connectivity index (χ4n) is 5.58. The lowest BCUT2D eigenvalue weighted by molar-refractivity contribution is -0.0499. The second-order valence-electron chi connectivity index (χ2n) is 12.4. The third-order valence-corrected chi connectivity index (χ3v) is 8.02. The molecule has 1 aromatic heterocycles. The molecule has 1 aliphatic rings. The fourth-order valence-corrected chi connectivity index (χ4v) is 5.58. The molecule has 1 saturated heterocycles.